The van der Waals surface area contributed by atoms with Crippen molar-refractivity contribution in [2.45, 2.75) is 6.54 Å². The Kier molecular flexibility index (Phi) is 3.78. The molecule has 0 radical (unpaired) electrons. The van der Waals surface area contributed by atoms with Crippen molar-refractivity contribution in [3.63, 3.8) is 0 Å². The van der Waals surface area contributed by atoms with Gasteiger partial charge in [-0.05, 0) is 46.4 Å². The smallest absolute Gasteiger partial charge is 0.337 e. The number of esters is 1. The fraction of sp³-hybridized carbons (Fsp3) is 0.167. The number of hydrogen-bond acceptors (Lipinski definition) is 3. The van der Waals surface area contributed by atoms with E-state index in [4.69, 9.17) is 4.74 Å². The zero-order chi connectivity index (χ0) is 12.3. The Bertz CT molecular complexity index is 523. The number of ether oxygens (including phenoxy) is 1. The van der Waals surface area contributed by atoms with Gasteiger partial charge in [0.2, 0.25) is 0 Å². The van der Waals surface area contributed by atoms with Crippen molar-refractivity contribution in [1.82, 2.24) is 9.55 Å². The van der Waals surface area contributed by atoms with Gasteiger partial charge in [-0.1, -0.05) is 0 Å². The summed E-state index contributed by atoms with van der Waals surface area (Å²) in [5.41, 5.74) is 1.63. The zero-order valence-electron chi connectivity index (χ0n) is 9.26. The van der Waals surface area contributed by atoms with E-state index in [1.165, 1.54) is 7.11 Å². The molecule has 1 aromatic carbocycles. The lowest BCUT2D eigenvalue weighted by molar-refractivity contribution is 0.0600. The van der Waals surface area contributed by atoms with E-state index in [1.807, 2.05) is 29.0 Å². The number of imidazole rings is 1. The molecule has 0 aliphatic heterocycles. The van der Waals surface area contributed by atoms with Crippen LogP contribution in [-0.4, -0.2) is 22.6 Å². The maximum absolute atomic E-state index is 11.5. The van der Waals surface area contributed by atoms with Gasteiger partial charge in [0, 0.05) is 22.5 Å². The van der Waals surface area contributed by atoms with Gasteiger partial charge in [-0.15, -0.1) is 0 Å². The highest BCUT2D eigenvalue weighted by atomic mass is 127. The molecule has 5 heteroatoms. The molecule has 0 spiro atoms. The van der Waals surface area contributed by atoms with E-state index in [-0.39, 0.29) is 5.97 Å². The number of rotatable bonds is 3. The van der Waals surface area contributed by atoms with Crippen LogP contribution in [0.15, 0.2) is 36.9 Å². The number of halogens is 1. The summed E-state index contributed by atoms with van der Waals surface area (Å²) >= 11 is 2.19. The van der Waals surface area contributed by atoms with Crippen LogP contribution < -0.4 is 0 Å². The van der Waals surface area contributed by atoms with Gasteiger partial charge in [0.1, 0.15) is 0 Å². The summed E-state index contributed by atoms with van der Waals surface area (Å²) in [6, 6.07) is 5.69. The maximum Gasteiger partial charge on any atom is 0.337 e. The third kappa shape index (κ3) is 3.06. The number of carbonyl (C=O) groups is 1. The number of carbonyl (C=O) groups excluding carboxylic acids is 1. The second-order valence-electron chi connectivity index (χ2n) is 3.57. The molecule has 0 aliphatic carbocycles. The second kappa shape index (κ2) is 5.31. The highest BCUT2D eigenvalue weighted by molar-refractivity contribution is 14.1. The maximum atomic E-state index is 11.5. The first-order chi connectivity index (χ1) is 8.19. The van der Waals surface area contributed by atoms with Crippen molar-refractivity contribution in [1.29, 1.82) is 0 Å². The molecule has 0 unspecified atom stereocenters. The van der Waals surface area contributed by atoms with Gasteiger partial charge in [-0.2, -0.15) is 0 Å². The lowest BCUT2D eigenvalue weighted by Gasteiger charge is -2.06. The quantitative estimate of drug-likeness (QED) is 0.635. The van der Waals surface area contributed by atoms with E-state index in [1.54, 1.807) is 12.5 Å². The van der Waals surface area contributed by atoms with Crippen LogP contribution >= 0.6 is 22.6 Å². The lowest BCUT2D eigenvalue weighted by atomic mass is 10.1. The monoisotopic (exact) mass is 342 g/mol. The molecule has 0 amide bonds. The van der Waals surface area contributed by atoms with Crippen LogP contribution in [0, 0.1) is 3.57 Å². The van der Waals surface area contributed by atoms with Gasteiger partial charge >= 0.3 is 5.97 Å². The number of hydrogen-bond donors (Lipinski definition) is 0. The molecule has 0 N–H and O–H groups in total. The van der Waals surface area contributed by atoms with Crippen molar-refractivity contribution in [2.75, 3.05) is 7.11 Å². The molecule has 2 aromatic rings. The van der Waals surface area contributed by atoms with Crippen LogP contribution in [-0.2, 0) is 11.3 Å². The summed E-state index contributed by atoms with van der Waals surface area (Å²) in [7, 11) is 1.39. The molecule has 0 bridgehead atoms. The average Bonchev–Trinajstić information content (AvgIpc) is 2.80. The number of methoxy groups -OCH3 is 1. The summed E-state index contributed by atoms with van der Waals surface area (Å²) in [4.78, 5) is 15.5. The molecule has 1 heterocycles. The van der Waals surface area contributed by atoms with Crippen molar-refractivity contribution < 1.29 is 9.53 Å². The first-order valence-electron chi connectivity index (χ1n) is 5.02. The highest BCUT2D eigenvalue weighted by Gasteiger charge is 2.08. The molecule has 1 aromatic heterocycles. The molecular weight excluding hydrogens is 331 g/mol. The molecule has 17 heavy (non-hydrogen) atoms. The standard InChI is InChI=1S/C12H11IN2O2/c1-17-12(16)10-4-9(5-11(13)6-10)7-15-3-2-14-8-15/h2-6,8H,7H2,1H3. The van der Waals surface area contributed by atoms with E-state index in [0.717, 1.165) is 9.13 Å². The average molecular weight is 342 g/mol. The molecule has 88 valence electrons. The third-order valence-corrected chi connectivity index (χ3v) is 2.93. The van der Waals surface area contributed by atoms with Crippen molar-refractivity contribution in [3.8, 4) is 0 Å². The molecule has 0 saturated heterocycles. The summed E-state index contributed by atoms with van der Waals surface area (Å²) in [5, 5.41) is 0. The van der Waals surface area contributed by atoms with E-state index < -0.39 is 0 Å². The Morgan fingerprint density at radius 2 is 2.29 bits per heavy atom. The molecule has 4 nitrogen and oxygen atoms in total. The minimum atomic E-state index is -0.310. The Morgan fingerprint density at radius 3 is 2.94 bits per heavy atom. The van der Waals surface area contributed by atoms with Crippen LogP contribution in [0.2, 0.25) is 0 Å². The van der Waals surface area contributed by atoms with Crippen molar-refractivity contribution in [2.24, 2.45) is 0 Å². The molecule has 0 atom stereocenters. The fourth-order valence-corrected chi connectivity index (χ4v) is 2.30. The van der Waals surface area contributed by atoms with Crippen LogP contribution in [0.1, 0.15) is 15.9 Å². The van der Waals surface area contributed by atoms with Crippen LogP contribution in [0.5, 0.6) is 0 Å². The molecule has 0 saturated carbocycles. The largest absolute Gasteiger partial charge is 0.465 e. The van der Waals surface area contributed by atoms with Crippen molar-refractivity contribution in [3.05, 3.63) is 51.6 Å². The summed E-state index contributed by atoms with van der Waals surface area (Å²) in [5.74, 6) is -0.310. The van der Waals surface area contributed by atoms with Crippen LogP contribution in [0.3, 0.4) is 0 Å². The van der Waals surface area contributed by atoms with Gasteiger partial charge < -0.3 is 9.30 Å². The normalized spacial score (nSPS) is 10.2. The fourth-order valence-electron chi connectivity index (χ4n) is 1.57. The Hall–Kier alpha value is -1.37. The summed E-state index contributed by atoms with van der Waals surface area (Å²) in [6.45, 7) is 0.695. The van der Waals surface area contributed by atoms with Gasteiger partial charge in [0.25, 0.3) is 0 Å². The lowest BCUT2D eigenvalue weighted by Crippen LogP contribution is -2.04. The zero-order valence-corrected chi connectivity index (χ0v) is 11.4. The minimum absolute atomic E-state index is 0.310. The topological polar surface area (TPSA) is 44.1 Å². The first-order valence-corrected chi connectivity index (χ1v) is 6.10. The van der Waals surface area contributed by atoms with E-state index in [9.17, 15) is 4.79 Å². The number of nitrogens with zero attached hydrogens (tertiary/aromatic N) is 2. The van der Waals surface area contributed by atoms with E-state index >= 15 is 0 Å². The SMILES string of the molecule is COC(=O)c1cc(I)cc(Cn2ccnc2)c1. The molecular formula is C12H11IN2O2. The number of benzene rings is 1. The predicted octanol–water partition coefficient (Wildman–Crippen LogP) is 2.32. The first kappa shape index (κ1) is 12.1. The third-order valence-electron chi connectivity index (χ3n) is 2.30. The molecule has 0 aliphatic rings. The Balaban J connectivity index is 2.28. The van der Waals surface area contributed by atoms with Crippen LogP contribution in [0.25, 0.3) is 0 Å². The minimum Gasteiger partial charge on any atom is -0.465 e. The van der Waals surface area contributed by atoms with E-state index in [0.29, 0.717) is 12.1 Å². The summed E-state index contributed by atoms with van der Waals surface area (Å²) < 4.78 is 7.69. The second-order valence-corrected chi connectivity index (χ2v) is 4.82. The summed E-state index contributed by atoms with van der Waals surface area (Å²) in [6.07, 6.45) is 5.37. The van der Waals surface area contributed by atoms with E-state index in [2.05, 4.69) is 27.6 Å². The highest BCUT2D eigenvalue weighted by Crippen LogP contribution is 2.14. The van der Waals surface area contributed by atoms with Crippen molar-refractivity contribution >= 4 is 28.6 Å². The Morgan fingerprint density at radius 1 is 1.47 bits per heavy atom. The van der Waals surface area contributed by atoms with Gasteiger partial charge in [0.15, 0.2) is 0 Å². The number of aromatic nitrogens is 2. The van der Waals surface area contributed by atoms with Gasteiger partial charge in [-0.25, -0.2) is 9.78 Å². The predicted molar refractivity (Wildman–Crippen MR) is 71.8 cm³/mol. The molecule has 0 fully saturated rings. The molecule has 2 rings (SSSR count). The van der Waals surface area contributed by atoms with Gasteiger partial charge in [0.05, 0.1) is 19.0 Å². The van der Waals surface area contributed by atoms with Crippen LogP contribution in [0.4, 0.5) is 0 Å². The Labute approximate surface area is 113 Å². The van der Waals surface area contributed by atoms with Gasteiger partial charge in [-0.3, -0.25) is 0 Å².